The van der Waals surface area contributed by atoms with Crippen LogP contribution in [0.3, 0.4) is 0 Å². The van der Waals surface area contributed by atoms with Gasteiger partial charge in [0.2, 0.25) is 0 Å². The number of rotatable bonds is 2. The summed E-state index contributed by atoms with van der Waals surface area (Å²) >= 11 is 3.30. The van der Waals surface area contributed by atoms with Crippen LogP contribution in [0.15, 0.2) is 51.9 Å². The van der Waals surface area contributed by atoms with Crippen LogP contribution >= 0.6 is 15.9 Å². The Morgan fingerprint density at radius 1 is 1.24 bits per heavy atom. The summed E-state index contributed by atoms with van der Waals surface area (Å²) in [6.07, 6.45) is 1.67. The Morgan fingerprint density at radius 2 is 2.00 bits per heavy atom. The topological polar surface area (TPSA) is 60.9 Å². The minimum Gasteiger partial charge on any atom is -0.397 e. The summed E-state index contributed by atoms with van der Waals surface area (Å²) in [5.74, 6) is 0. The average molecular weight is 344 g/mol. The van der Waals surface area contributed by atoms with Gasteiger partial charge in [-0.1, -0.05) is 24.3 Å². The number of nitrogens with two attached hydrogens (primary N) is 1. The Hall–Kier alpha value is -2.14. The smallest absolute Gasteiger partial charge is 0.265 e. The number of pyridine rings is 2. The standard InChI is InChI=1S/C16H14BrN3O/c1-10-13(18)9-20(16(21)15(10)17)8-12-7-6-11-4-2-3-5-14(11)19-12/h2-7,9H,8,18H2,1H3. The maximum Gasteiger partial charge on any atom is 0.265 e. The third kappa shape index (κ3) is 2.56. The van der Waals surface area contributed by atoms with E-state index < -0.39 is 0 Å². The highest BCUT2D eigenvalue weighted by molar-refractivity contribution is 9.10. The molecule has 21 heavy (non-hydrogen) atoms. The summed E-state index contributed by atoms with van der Waals surface area (Å²) in [7, 11) is 0. The molecule has 0 fully saturated rings. The normalized spacial score (nSPS) is 11.0. The molecule has 2 N–H and O–H groups in total. The van der Waals surface area contributed by atoms with E-state index >= 15 is 0 Å². The number of fused-ring (bicyclic) bond motifs is 1. The average Bonchev–Trinajstić information content (AvgIpc) is 2.50. The minimum absolute atomic E-state index is 0.100. The van der Waals surface area contributed by atoms with Crippen molar-refractivity contribution in [1.82, 2.24) is 9.55 Å². The van der Waals surface area contributed by atoms with Crippen molar-refractivity contribution >= 4 is 32.5 Å². The molecule has 0 spiro atoms. The van der Waals surface area contributed by atoms with Gasteiger partial charge in [-0.3, -0.25) is 9.78 Å². The van der Waals surface area contributed by atoms with Crippen molar-refractivity contribution < 1.29 is 0 Å². The molecule has 0 aliphatic heterocycles. The van der Waals surface area contributed by atoms with Crippen molar-refractivity contribution in [3.05, 3.63) is 68.7 Å². The van der Waals surface area contributed by atoms with Gasteiger partial charge in [0.1, 0.15) is 0 Å². The minimum atomic E-state index is -0.100. The fraction of sp³-hybridized carbons (Fsp3) is 0.125. The van der Waals surface area contributed by atoms with Gasteiger partial charge in [-0.15, -0.1) is 0 Å². The van der Waals surface area contributed by atoms with Gasteiger partial charge < -0.3 is 10.3 Å². The van der Waals surface area contributed by atoms with Crippen LogP contribution in [-0.4, -0.2) is 9.55 Å². The lowest BCUT2D eigenvalue weighted by Gasteiger charge is -2.10. The number of aromatic nitrogens is 2. The van der Waals surface area contributed by atoms with Gasteiger partial charge in [0.15, 0.2) is 0 Å². The van der Waals surface area contributed by atoms with Gasteiger partial charge in [-0.2, -0.15) is 0 Å². The zero-order chi connectivity index (χ0) is 15.0. The highest BCUT2D eigenvalue weighted by atomic mass is 79.9. The van der Waals surface area contributed by atoms with Crippen LogP contribution in [0.1, 0.15) is 11.3 Å². The van der Waals surface area contributed by atoms with Gasteiger partial charge in [0.05, 0.1) is 27.9 Å². The monoisotopic (exact) mass is 343 g/mol. The van der Waals surface area contributed by atoms with E-state index in [0.717, 1.165) is 22.2 Å². The van der Waals surface area contributed by atoms with Crippen LogP contribution < -0.4 is 11.3 Å². The molecule has 0 saturated carbocycles. The van der Waals surface area contributed by atoms with Gasteiger partial charge in [0, 0.05) is 11.6 Å². The SMILES string of the molecule is Cc1c(N)cn(Cc2ccc3ccccc3n2)c(=O)c1Br. The molecule has 4 nitrogen and oxygen atoms in total. The lowest BCUT2D eigenvalue weighted by Crippen LogP contribution is -2.23. The maximum absolute atomic E-state index is 12.2. The predicted octanol–water partition coefficient (Wildman–Crippen LogP) is 3.10. The first-order chi connectivity index (χ1) is 10.1. The Labute approximate surface area is 130 Å². The molecule has 3 aromatic rings. The first-order valence-electron chi connectivity index (χ1n) is 6.56. The largest absolute Gasteiger partial charge is 0.397 e. The van der Waals surface area contributed by atoms with Crippen LogP contribution in [-0.2, 0) is 6.54 Å². The highest BCUT2D eigenvalue weighted by Crippen LogP contribution is 2.18. The van der Waals surface area contributed by atoms with E-state index in [4.69, 9.17) is 5.73 Å². The second-order valence-electron chi connectivity index (χ2n) is 4.95. The molecule has 5 heteroatoms. The van der Waals surface area contributed by atoms with Crippen LogP contribution in [0.4, 0.5) is 5.69 Å². The van der Waals surface area contributed by atoms with Crippen LogP contribution in [0, 0.1) is 6.92 Å². The van der Waals surface area contributed by atoms with Crippen molar-refractivity contribution in [2.24, 2.45) is 0 Å². The van der Waals surface area contributed by atoms with Crippen molar-refractivity contribution in [1.29, 1.82) is 0 Å². The molecule has 0 unspecified atom stereocenters. The summed E-state index contributed by atoms with van der Waals surface area (Å²) in [6, 6.07) is 11.8. The maximum atomic E-state index is 12.2. The molecule has 1 aromatic carbocycles. The zero-order valence-corrected chi connectivity index (χ0v) is 13.1. The molecule has 3 rings (SSSR count). The van der Waals surface area contributed by atoms with Gasteiger partial charge in [0.25, 0.3) is 5.56 Å². The number of benzene rings is 1. The summed E-state index contributed by atoms with van der Waals surface area (Å²) in [4.78, 5) is 16.8. The fourth-order valence-electron chi connectivity index (χ4n) is 2.22. The molecule has 2 aromatic heterocycles. The first-order valence-corrected chi connectivity index (χ1v) is 7.35. The van der Waals surface area contributed by atoms with Crippen molar-refractivity contribution in [3.63, 3.8) is 0 Å². The van der Waals surface area contributed by atoms with Gasteiger partial charge in [-0.05, 0) is 40.5 Å². The van der Waals surface area contributed by atoms with E-state index in [0.29, 0.717) is 16.7 Å². The number of para-hydroxylation sites is 1. The van der Waals surface area contributed by atoms with Crippen molar-refractivity contribution in [2.45, 2.75) is 13.5 Å². The molecule has 0 amide bonds. The Balaban J connectivity index is 2.04. The van der Waals surface area contributed by atoms with Crippen LogP contribution in [0.5, 0.6) is 0 Å². The summed E-state index contributed by atoms with van der Waals surface area (Å²) < 4.78 is 2.08. The molecule has 0 aliphatic carbocycles. The number of hydrogen-bond acceptors (Lipinski definition) is 3. The number of nitrogens with zero attached hydrogens (tertiary/aromatic N) is 2. The van der Waals surface area contributed by atoms with Gasteiger partial charge in [-0.25, -0.2) is 0 Å². The summed E-state index contributed by atoms with van der Waals surface area (Å²) in [6.45, 7) is 2.21. The van der Waals surface area contributed by atoms with Gasteiger partial charge >= 0.3 is 0 Å². The third-order valence-electron chi connectivity index (χ3n) is 3.49. The fourth-order valence-corrected chi connectivity index (χ4v) is 2.68. The Morgan fingerprint density at radius 3 is 2.81 bits per heavy atom. The molecule has 0 radical (unpaired) electrons. The lowest BCUT2D eigenvalue weighted by molar-refractivity contribution is 0.738. The molecule has 0 bridgehead atoms. The van der Waals surface area contributed by atoms with E-state index in [-0.39, 0.29) is 5.56 Å². The summed E-state index contributed by atoms with van der Waals surface area (Å²) in [5, 5.41) is 1.08. The third-order valence-corrected chi connectivity index (χ3v) is 4.43. The molecule has 106 valence electrons. The highest BCUT2D eigenvalue weighted by Gasteiger charge is 2.09. The molecule has 0 atom stereocenters. The number of anilines is 1. The van der Waals surface area contributed by atoms with E-state index in [1.807, 2.05) is 43.3 Å². The second-order valence-corrected chi connectivity index (χ2v) is 5.74. The quantitative estimate of drug-likeness (QED) is 0.777. The molecule has 0 saturated heterocycles. The van der Waals surface area contributed by atoms with Crippen LogP contribution in [0.2, 0.25) is 0 Å². The number of nitrogen functional groups attached to an aromatic ring is 1. The molecule has 0 aliphatic rings. The van der Waals surface area contributed by atoms with E-state index in [2.05, 4.69) is 20.9 Å². The lowest BCUT2D eigenvalue weighted by atomic mass is 10.2. The number of hydrogen-bond donors (Lipinski definition) is 1. The van der Waals surface area contributed by atoms with Crippen molar-refractivity contribution in [3.8, 4) is 0 Å². The molecule has 2 heterocycles. The first kappa shape index (κ1) is 13.8. The second kappa shape index (κ2) is 5.33. The van der Waals surface area contributed by atoms with E-state index in [1.54, 1.807) is 10.8 Å². The Kier molecular flexibility index (Phi) is 3.51. The molecular formula is C16H14BrN3O. The van der Waals surface area contributed by atoms with Crippen LogP contribution in [0.25, 0.3) is 10.9 Å². The Bertz CT molecular complexity index is 886. The van der Waals surface area contributed by atoms with Crippen molar-refractivity contribution in [2.75, 3.05) is 5.73 Å². The number of halogens is 1. The van der Waals surface area contributed by atoms with E-state index in [9.17, 15) is 4.79 Å². The predicted molar refractivity (Wildman–Crippen MR) is 88.4 cm³/mol. The zero-order valence-electron chi connectivity index (χ0n) is 11.5. The van der Waals surface area contributed by atoms with E-state index in [1.165, 1.54) is 0 Å². The molecular weight excluding hydrogens is 330 g/mol. The summed E-state index contributed by atoms with van der Waals surface area (Å²) in [5.41, 5.74) is 8.92.